The van der Waals surface area contributed by atoms with Crippen LogP contribution in [-0.2, 0) is 6.42 Å². The molecule has 2 heterocycles. The smallest absolute Gasteiger partial charge is 0.0389 e. The van der Waals surface area contributed by atoms with Crippen LogP contribution in [-0.4, -0.2) is 43.2 Å². The van der Waals surface area contributed by atoms with Gasteiger partial charge in [0, 0.05) is 30.9 Å². The fraction of sp³-hybridized carbons (Fsp3) is 0.647. The van der Waals surface area contributed by atoms with Crippen molar-refractivity contribution in [2.45, 2.75) is 45.2 Å². The lowest BCUT2D eigenvalue weighted by Gasteiger charge is -2.43. The number of anilines is 1. The minimum atomic E-state index is 0.615. The van der Waals surface area contributed by atoms with Crippen molar-refractivity contribution in [3.63, 3.8) is 0 Å². The molecule has 2 fully saturated rings. The second-order valence-electron chi connectivity index (χ2n) is 6.44. The largest absolute Gasteiger partial charge is 0.366 e. The topological polar surface area (TPSA) is 32.5 Å². The molecular formula is C17H27N3. The molecule has 2 saturated heterocycles. The number of benzene rings is 1. The Morgan fingerprint density at radius 3 is 2.90 bits per heavy atom. The van der Waals surface area contributed by atoms with E-state index in [1.165, 1.54) is 49.3 Å². The molecule has 2 atom stereocenters. The zero-order chi connectivity index (χ0) is 14.1. The van der Waals surface area contributed by atoms with Gasteiger partial charge in [-0.2, -0.15) is 0 Å². The van der Waals surface area contributed by atoms with Gasteiger partial charge in [0.1, 0.15) is 0 Å². The molecule has 110 valence electrons. The quantitative estimate of drug-likeness (QED) is 0.916. The lowest BCUT2D eigenvalue weighted by molar-refractivity contribution is 0.203. The molecule has 0 radical (unpaired) electrons. The molecule has 0 bridgehead atoms. The summed E-state index contributed by atoms with van der Waals surface area (Å²) < 4.78 is 0. The second-order valence-corrected chi connectivity index (χ2v) is 6.44. The van der Waals surface area contributed by atoms with Gasteiger partial charge in [-0.1, -0.05) is 6.07 Å². The van der Waals surface area contributed by atoms with E-state index in [9.17, 15) is 0 Å². The zero-order valence-corrected chi connectivity index (χ0v) is 12.8. The van der Waals surface area contributed by atoms with Crippen LogP contribution >= 0.6 is 0 Å². The predicted molar refractivity (Wildman–Crippen MR) is 85.3 cm³/mol. The van der Waals surface area contributed by atoms with Crippen molar-refractivity contribution in [2.24, 2.45) is 5.73 Å². The lowest BCUT2D eigenvalue weighted by Crippen LogP contribution is -2.55. The molecule has 0 aromatic heterocycles. The summed E-state index contributed by atoms with van der Waals surface area (Å²) in [5.74, 6) is 0. The van der Waals surface area contributed by atoms with Crippen LogP contribution in [0.25, 0.3) is 0 Å². The highest BCUT2D eigenvalue weighted by atomic mass is 15.3. The van der Waals surface area contributed by atoms with E-state index in [2.05, 4.69) is 41.8 Å². The molecule has 1 aromatic rings. The minimum absolute atomic E-state index is 0.615. The maximum atomic E-state index is 5.67. The number of hydrogen-bond donors (Lipinski definition) is 1. The molecule has 0 spiro atoms. The molecule has 0 aliphatic carbocycles. The maximum Gasteiger partial charge on any atom is 0.0389 e. The number of rotatable bonds is 3. The van der Waals surface area contributed by atoms with Crippen LogP contribution in [0.15, 0.2) is 18.2 Å². The third-order valence-corrected chi connectivity index (χ3v) is 5.01. The van der Waals surface area contributed by atoms with Crippen LogP contribution in [0.2, 0.25) is 0 Å². The molecule has 0 saturated carbocycles. The average molecular weight is 273 g/mol. The van der Waals surface area contributed by atoms with E-state index in [0.717, 1.165) is 19.0 Å². The molecule has 0 amide bonds. The van der Waals surface area contributed by atoms with Crippen molar-refractivity contribution in [3.8, 4) is 0 Å². The highest BCUT2D eigenvalue weighted by molar-refractivity contribution is 5.52. The Balaban J connectivity index is 1.79. The van der Waals surface area contributed by atoms with E-state index >= 15 is 0 Å². The first kappa shape index (κ1) is 13.9. The molecule has 1 aromatic carbocycles. The Morgan fingerprint density at radius 1 is 1.30 bits per heavy atom. The van der Waals surface area contributed by atoms with Crippen molar-refractivity contribution in [2.75, 3.05) is 31.1 Å². The molecule has 3 heteroatoms. The Labute approximate surface area is 122 Å². The van der Waals surface area contributed by atoms with E-state index in [4.69, 9.17) is 5.73 Å². The van der Waals surface area contributed by atoms with Gasteiger partial charge in [-0.15, -0.1) is 0 Å². The van der Waals surface area contributed by atoms with Crippen LogP contribution in [0.5, 0.6) is 0 Å². The standard InChI is InChI=1S/C17H27N3/c1-13-10-16(6-5-15(13)7-8-18)20-12-17-4-3-9-19(17)11-14(20)2/h5-6,10,14,17H,3-4,7-9,11-12,18H2,1-2H3. The second kappa shape index (κ2) is 5.74. The Morgan fingerprint density at radius 2 is 2.15 bits per heavy atom. The zero-order valence-electron chi connectivity index (χ0n) is 12.8. The van der Waals surface area contributed by atoms with Crippen LogP contribution in [0.3, 0.4) is 0 Å². The Kier molecular flexibility index (Phi) is 3.99. The average Bonchev–Trinajstić information content (AvgIpc) is 2.87. The van der Waals surface area contributed by atoms with Gasteiger partial charge in [0.2, 0.25) is 0 Å². The predicted octanol–water partition coefficient (Wildman–Crippen LogP) is 2.17. The van der Waals surface area contributed by atoms with E-state index < -0.39 is 0 Å². The molecule has 2 aliphatic heterocycles. The van der Waals surface area contributed by atoms with Gasteiger partial charge in [-0.3, -0.25) is 4.90 Å². The molecule has 3 rings (SSSR count). The first-order valence-corrected chi connectivity index (χ1v) is 7.99. The first-order valence-electron chi connectivity index (χ1n) is 7.99. The Bertz CT molecular complexity index is 471. The van der Waals surface area contributed by atoms with E-state index in [1.807, 2.05) is 0 Å². The summed E-state index contributed by atoms with van der Waals surface area (Å²) in [4.78, 5) is 5.28. The van der Waals surface area contributed by atoms with Crippen molar-refractivity contribution in [1.29, 1.82) is 0 Å². The van der Waals surface area contributed by atoms with E-state index in [1.54, 1.807) is 0 Å². The highest BCUT2D eigenvalue weighted by Gasteiger charge is 2.34. The summed E-state index contributed by atoms with van der Waals surface area (Å²) >= 11 is 0. The fourth-order valence-electron chi connectivity index (χ4n) is 3.84. The van der Waals surface area contributed by atoms with Crippen LogP contribution < -0.4 is 10.6 Å². The number of nitrogens with two attached hydrogens (primary N) is 1. The van der Waals surface area contributed by atoms with Gasteiger partial charge in [0.05, 0.1) is 0 Å². The van der Waals surface area contributed by atoms with Crippen molar-refractivity contribution in [1.82, 2.24) is 4.90 Å². The monoisotopic (exact) mass is 273 g/mol. The summed E-state index contributed by atoms with van der Waals surface area (Å²) in [7, 11) is 0. The van der Waals surface area contributed by atoms with Crippen LogP contribution in [0, 0.1) is 6.92 Å². The number of hydrogen-bond acceptors (Lipinski definition) is 3. The van der Waals surface area contributed by atoms with Gasteiger partial charge in [0.25, 0.3) is 0 Å². The molecular weight excluding hydrogens is 246 g/mol. The third kappa shape index (κ3) is 2.57. The van der Waals surface area contributed by atoms with Crippen molar-refractivity contribution in [3.05, 3.63) is 29.3 Å². The molecule has 2 unspecified atom stereocenters. The summed E-state index contributed by atoms with van der Waals surface area (Å²) in [6, 6.07) is 8.30. The SMILES string of the molecule is Cc1cc(N2CC3CCCN3CC2C)ccc1CCN. The summed E-state index contributed by atoms with van der Waals surface area (Å²) in [5, 5.41) is 0. The lowest BCUT2D eigenvalue weighted by atomic mass is 10.0. The summed E-state index contributed by atoms with van der Waals surface area (Å²) in [5.41, 5.74) is 9.84. The van der Waals surface area contributed by atoms with Gasteiger partial charge in [0.15, 0.2) is 0 Å². The first-order chi connectivity index (χ1) is 9.69. The molecule has 2 N–H and O–H groups in total. The number of nitrogens with zero attached hydrogens (tertiary/aromatic N) is 2. The number of fused-ring (bicyclic) bond motifs is 1. The van der Waals surface area contributed by atoms with Gasteiger partial charge < -0.3 is 10.6 Å². The van der Waals surface area contributed by atoms with Crippen LogP contribution in [0.4, 0.5) is 5.69 Å². The van der Waals surface area contributed by atoms with Gasteiger partial charge in [-0.25, -0.2) is 0 Å². The van der Waals surface area contributed by atoms with E-state index in [-0.39, 0.29) is 0 Å². The van der Waals surface area contributed by atoms with Crippen molar-refractivity contribution >= 4 is 5.69 Å². The summed E-state index contributed by atoms with van der Waals surface area (Å²) in [6.07, 6.45) is 3.73. The minimum Gasteiger partial charge on any atom is -0.366 e. The maximum absolute atomic E-state index is 5.67. The normalized spacial score (nSPS) is 26.9. The molecule has 20 heavy (non-hydrogen) atoms. The van der Waals surface area contributed by atoms with Gasteiger partial charge in [-0.05, 0) is 69.5 Å². The highest BCUT2D eigenvalue weighted by Crippen LogP contribution is 2.29. The molecule has 3 nitrogen and oxygen atoms in total. The summed E-state index contributed by atoms with van der Waals surface area (Å²) in [6.45, 7) is 9.02. The van der Waals surface area contributed by atoms with Crippen LogP contribution in [0.1, 0.15) is 30.9 Å². The third-order valence-electron chi connectivity index (χ3n) is 5.01. The van der Waals surface area contributed by atoms with Gasteiger partial charge >= 0.3 is 0 Å². The molecule has 2 aliphatic rings. The van der Waals surface area contributed by atoms with Crippen molar-refractivity contribution < 1.29 is 0 Å². The number of piperazine rings is 1. The number of aryl methyl sites for hydroxylation is 1. The van der Waals surface area contributed by atoms with E-state index in [0.29, 0.717) is 6.04 Å². The fourth-order valence-corrected chi connectivity index (χ4v) is 3.84. The Hall–Kier alpha value is -1.06.